The molecule has 1 aromatic rings. The maximum atomic E-state index is 11.4. The topological polar surface area (TPSA) is 57.2 Å². The van der Waals surface area contributed by atoms with Gasteiger partial charge in [0.05, 0.1) is 6.42 Å². The Labute approximate surface area is 95.1 Å². The second-order valence-electron chi connectivity index (χ2n) is 3.90. The number of Topliss-reactive ketones (excluding diaryl/α,β-unsaturated/α-hetero) is 1. The first kappa shape index (κ1) is 12.4. The normalized spacial score (nSPS) is 12.1. The number of rotatable bonds is 5. The molecule has 0 saturated heterocycles. The lowest BCUT2D eigenvalue weighted by molar-refractivity contribution is -0.304. The van der Waals surface area contributed by atoms with Crippen LogP contribution in [0.4, 0.5) is 0 Å². The van der Waals surface area contributed by atoms with Crippen LogP contribution in [0.1, 0.15) is 48.5 Å². The number of benzene rings is 1. The minimum Gasteiger partial charge on any atom is -0.550 e. The zero-order valence-electron chi connectivity index (χ0n) is 9.53. The standard InChI is InChI=1S/C13H16O3/c1-3-9(2)10-4-6-11(7-5-10)12(14)8-13(15)16/h4-7,9H,3,8H2,1-2H3,(H,15,16)/p-1. The van der Waals surface area contributed by atoms with Gasteiger partial charge in [0.2, 0.25) is 0 Å². The molecule has 3 heteroatoms. The molecule has 0 spiro atoms. The molecule has 0 aromatic heterocycles. The van der Waals surface area contributed by atoms with E-state index in [1.807, 2.05) is 12.1 Å². The SMILES string of the molecule is CCC(C)c1ccc(C(=O)CC(=O)[O-])cc1. The van der Waals surface area contributed by atoms with E-state index in [1.54, 1.807) is 12.1 Å². The number of carboxylic acid groups (broad SMARTS) is 1. The summed E-state index contributed by atoms with van der Waals surface area (Å²) in [4.78, 5) is 21.7. The van der Waals surface area contributed by atoms with Gasteiger partial charge in [0.15, 0.2) is 5.78 Å². The minimum absolute atomic E-state index is 0.407. The van der Waals surface area contributed by atoms with Gasteiger partial charge in [-0.05, 0) is 17.9 Å². The average Bonchev–Trinajstić information content (AvgIpc) is 2.27. The number of ketones is 1. The predicted molar refractivity (Wildman–Crippen MR) is 59.1 cm³/mol. The van der Waals surface area contributed by atoms with Crippen LogP contribution in [0.3, 0.4) is 0 Å². The van der Waals surface area contributed by atoms with Crippen LogP contribution in [0.5, 0.6) is 0 Å². The fourth-order valence-corrected chi connectivity index (χ4v) is 1.47. The number of aliphatic carboxylic acids is 1. The second kappa shape index (κ2) is 5.45. The smallest absolute Gasteiger partial charge is 0.168 e. The molecule has 0 heterocycles. The Balaban J connectivity index is 2.78. The van der Waals surface area contributed by atoms with Gasteiger partial charge in [0, 0.05) is 11.5 Å². The molecule has 0 fully saturated rings. The van der Waals surface area contributed by atoms with Gasteiger partial charge in [0.1, 0.15) is 0 Å². The maximum absolute atomic E-state index is 11.4. The van der Waals surface area contributed by atoms with Gasteiger partial charge < -0.3 is 9.90 Å². The highest BCUT2D eigenvalue weighted by molar-refractivity contribution is 6.04. The van der Waals surface area contributed by atoms with E-state index >= 15 is 0 Å². The molecule has 16 heavy (non-hydrogen) atoms. The summed E-state index contributed by atoms with van der Waals surface area (Å²) in [7, 11) is 0. The Hall–Kier alpha value is -1.64. The molecule has 0 N–H and O–H groups in total. The van der Waals surface area contributed by atoms with Crippen molar-refractivity contribution in [1.82, 2.24) is 0 Å². The molecule has 0 amide bonds. The van der Waals surface area contributed by atoms with Crippen LogP contribution >= 0.6 is 0 Å². The molecule has 1 unspecified atom stereocenters. The van der Waals surface area contributed by atoms with Crippen LogP contribution in [0, 0.1) is 0 Å². The Morgan fingerprint density at radius 2 is 1.81 bits per heavy atom. The van der Waals surface area contributed by atoms with Crippen LogP contribution in [-0.4, -0.2) is 11.8 Å². The number of carbonyl (C=O) groups is 2. The highest BCUT2D eigenvalue weighted by Crippen LogP contribution is 2.19. The van der Waals surface area contributed by atoms with E-state index in [-0.39, 0.29) is 0 Å². The summed E-state index contributed by atoms with van der Waals surface area (Å²) in [5, 5.41) is 10.3. The van der Waals surface area contributed by atoms with Crippen LogP contribution in [0.2, 0.25) is 0 Å². The van der Waals surface area contributed by atoms with Crippen LogP contribution in [-0.2, 0) is 4.79 Å². The minimum atomic E-state index is -1.34. The van der Waals surface area contributed by atoms with Crippen molar-refractivity contribution in [1.29, 1.82) is 0 Å². The van der Waals surface area contributed by atoms with Crippen molar-refractivity contribution in [2.45, 2.75) is 32.6 Å². The predicted octanol–water partition coefficient (Wildman–Crippen LogP) is 1.52. The summed E-state index contributed by atoms with van der Waals surface area (Å²) in [6.07, 6.45) is 0.481. The molecule has 3 nitrogen and oxygen atoms in total. The van der Waals surface area contributed by atoms with Gasteiger partial charge in [-0.3, -0.25) is 4.79 Å². The zero-order chi connectivity index (χ0) is 12.1. The monoisotopic (exact) mass is 219 g/mol. The summed E-state index contributed by atoms with van der Waals surface area (Å²) in [5.41, 5.74) is 1.59. The van der Waals surface area contributed by atoms with Crippen molar-refractivity contribution in [3.05, 3.63) is 35.4 Å². The van der Waals surface area contributed by atoms with Gasteiger partial charge in [-0.15, -0.1) is 0 Å². The third-order valence-corrected chi connectivity index (χ3v) is 2.72. The number of carboxylic acids is 1. The number of carbonyl (C=O) groups excluding carboxylic acids is 2. The van der Waals surface area contributed by atoms with E-state index in [0.29, 0.717) is 11.5 Å². The molecule has 0 aliphatic carbocycles. The molecular formula is C13H15O3-. The summed E-state index contributed by atoms with van der Waals surface area (Å²) in [6.45, 7) is 4.21. The van der Waals surface area contributed by atoms with E-state index in [9.17, 15) is 14.7 Å². The lowest BCUT2D eigenvalue weighted by atomic mass is 9.96. The summed E-state index contributed by atoms with van der Waals surface area (Å²) in [6, 6.07) is 7.09. The van der Waals surface area contributed by atoms with Crippen LogP contribution < -0.4 is 5.11 Å². The summed E-state index contributed by atoms with van der Waals surface area (Å²) >= 11 is 0. The Morgan fingerprint density at radius 3 is 2.25 bits per heavy atom. The Morgan fingerprint density at radius 1 is 1.25 bits per heavy atom. The summed E-state index contributed by atoms with van der Waals surface area (Å²) in [5.74, 6) is -1.29. The molecule has 0 aliphatic heterocycles. The van der Waals surface area contributed by atoms with Crippen molar-refractivity contribution in [3.63, 3.8) is 0 Å². The van der Waals surface area contributed by atoms with Crippen molar-refractivity contribution in [3.8, 4) is 0 Å². The Bertz CT molecular complexity index is 379. The maximum Gasteiger partial charge on any atom is 0.168 e. The lowest BCUT2D eigenvalue weighted by Crippen LogP contribution is -2.25. The molecule has 0 aliphatic rings. The molecule has 1 rings (SSSR count). The lowest BCUT2D eigenvalue weighted by Gasteiger charge is -2.09. The van der Waals surface area contributed by atoms with Gasteiger partial charge in [-0.1, -0.05) is 38.1 Å². The van der Waals surface area contributed by atoms with Crippen molar-refractivity contribution >= 4 is 11.8 Å². The molecule has 86 valence electrons. The van der Waals surface area contributed by atoms with Crippen molar-refractivity contribution in [2.24, 2.45) is 0 Å². The first-order valence-corrected chi connectivity index (χ1v) is 5.37. The second-order valence-corrected chi connectivity index (χ2v) is 3.90. The van der Waals surface area contributed by atoms with E-state index < -0.39 is 18.2 Å². The largest absolute Gasteiger partial charge is 0.550 e. The fourth-order valence-electron chi connectivity index (χ4n) is 1.47. The van der Waals surface area contributed by atoms with Crippen molar-refractivity contribution < 1.29 is 14.7 Å². The van der Waals surface area contributed by atoms with E-state index in [2.05, 4.69) is 13.8 Å². The first-order valence-electron chi connectivity index (χ1n) is 5.37. The number of hydrogen-bond acceptors (Lipinski definition) is 3. The summed E-state index contributed by atoms with van der Waals surface area (Å²) < 4.78 is 0. The quantitative estimate of drug-likeness (QED) is 0.557. The van der Waals surface area contributed by atoms with Crippen molar-refractivity contribution in [2.75, 3.05) is 0 Å². The van der Waals surface area contributed by atoms with Crippen LogP contribution in [0.25, 0.3) is 0 Å². The molecule has 0 radical (unpaired) electrons. The van der Waals surface area contributed by atoms with Gasteiger partial charge >= 0.3 is 0 Å². The highest BCUT2D eigenvalue weighted by Gasteiger charge is 2.07. The average molecular weight is 219 g/mol. The molecular weight excluding hydrogens is 204 g/mol. The molecule has 0 saturated carbocycles. The van der Waals surface area contributed by atoms with E-state index in [1.165, 1.54) is 0 Å². The molecule has 0 bridgehead atoms. The first-order chi connectivity index (χ1) is 7.54. The third-order valence-electron chi connectivity index (χ3n) is 2.72. The van der Waals surface area contributed by atoms with Gasteiger partial charge in [-0.2, -0.15) is 0 Å². The zero-order valence-corrected chi connectivity index (χ0v) is 9.53. The van der Waals surface area contributed by atoms with E-state index in [4.69, 9.17) is 0 Å². The molecule has 1 aromatic carbocycles. The highest BCUT2D eigenvalue weighted by atomic mass is 16.4. The fraction of sp³-hybridized carbons (Fsp3) is 0.385. The number of hydrogen-bond donors (Lipinski definition) is 0. The molecule has 1 atom stereocenters. The van der Waals surface area contributed by atoms with Crippen LogP contribution in [0.15, 0.2) is 24.3 Å². The van der Waals surface area contributed by atoms with Gasteiger partial charge in [-0.25, -0.2) is 0 Å². The Kier molecular flexibility index (Phi) is 4.23. The third kappa shape index (κ3) is 3.19. The van der Waals surface area contributed by atoms with E-state index in [0.717, 1.165) is 12.0 Å². The van der Waals surface area contributed by atoms with Gasteiger partial charge in [0.25, 0.3) is 0 Å².